The van der Waals surface area contributed by atoms with Crippen molar-refractivity contribution >= 4 is 11.7 Å². The molecule has 4 nitrogen and oxygen atoms in total. The van der Waals surface area contributed by atoms with Crippen LogP contribution in [0.3, 0.4) is 0 Å². The maximum absolute atomic E-state index is 11.2. The lowest BCUT2D eigenvalue weighted by Gasteiger charge is -2.04. The molecule has 1 aromatic heterocycles. The molecular formula is C9H12N2O2. The summed E-state index contributed by atoms with van der Waals surface area (Å²) in [5.41, 5.74) is 7.06. The summed E-state index contributed by atoms with van der Waals surface area (Å²) in [6.07, 6.45) is 1.59. The summed E-state index contributed by atoms with van der Waals surface area (Å²) >= 11 is 0. The van der Waals surface area contributed by atoms with E-state index in [9.17, 15) is 4.79 Å². The van der Waals surface area contributed by atoms with Crippen molar-refractivity contribution in [2.45, 2.75) is 13.8 Å². The second-order valence-electron chi connectivity index (χ2n) is 2.67. The molecule has 0 bridgehead atoms. The normalized spacial score (nSPS) is 9.69. The molecule has 13 heavy (non-hydrogen) atoms. The van der Waals surface area contributed by atoms with Crippen molar-refractivity contribution in [3.63, 3.8) is 0 Å². The number of esters is 1. The Morgan fingerprint density at radius 1 is 1.69 bits per heavy atom. The van der Waals surface area contributed by atoms with E-state index in [1.807, 2.05) is 6.92 Å². The topological polar surface area (TPSA) is 65.2 Å². The average molecular weight is 180 g/mol. The number of nitrogen functional groups attached to an aromatic ring is 1. The first kappa shape index (κ1) is 9.51. The number of aromatic nitrogens is 1. The van der Waals surface area contributed by atoms with Crippen molar-refractivity contribution in [3.8, 4) is 0 Å². The zero-order valence-electron chi connectivity index (χ0n) is 7.70. The average Bonchev–Trinajstić information content (AvgIpc) is 2.04. The summed E-state index contributed by atoms with van der Waals surface area (Å²) in [6.45, 7) is 3.93. The molecule has 0 radical (unpaired) electrons. The first-order chi connectivity index (χ1) is 6.15. The van der Waals surface area contributed by atoms with Gasteiger partial charge in [-0.1, -0.05) is 0 Å². The first-order valence-corrected chi connectivity index (χ1v) is 4.04. The Morgan fingerprint density at radius 2 is 2.38 bits per heavy atom. The summed E-state index contributed by atoms with van der Waals surface area (Å²) in [5.74, 6) is -0.472. The van der Waals surface area contributed by atoms with Gasteiger partial charge in [-0.3, -0.25) is 0 Å². The zero-order valence-corrected chi connectivity index (χ0v) is 7.70. The largest absolute Gasteiger partial charge is 0.461 e. The number of rotatable bonds is 2. The Morgan fingerprint density at radius 3 is 2.92 bits per heavy atom. The third-order valence-electron chi connectivity index (χ3n) is 1.52. The molecule has 0 atom stereocenters. The summed E-state index contributed by atoms with van der Waals surface area (Å²) in [6, 6.07) is 1.69. The number of hydrogen-bond acceptors (Lipinski definition) is 4. The van der Waals surface area contributed by atoms with E-state index < -0.39 is 5.97 Å². The van der Waals surface area contributed by atoms with Crippen molar-refractivity contribution in [2.75, 3.05) is 12.3 Å². The van der Waals surface area contributed by atoms with Gasteiger partial charge in [0.2, 0.25) is 0 Å². The van der Waals surface area contributed by atoms with Crippen LogP contribution < -0.4 is 5.73 Å². The van der Waals surface area contributed by atoms with Crippen LogP contribution in [0.15, 0.2) is 12.3 Å². The number of ether oxygens (including phenoxy) is 1. The predicted molar refractivity (Wildman–Crippen MR) is 49.3 cm³/mol. The van der Waals surface area contributed by atoms with Gasteiger partial charge in [-0.15, -0.1) is 0 Å². The zero-order chi connectivity index (χ0) is 9.84. The maximum atomic E-state index is 11.2. The third kappa shape index (κ3) is 2.18. The van der Waals surface area contributed by atoms with Crippen molar-refractivity contribution < 1.29 is 9.53 Å². The minimum Gasteiger partial charge on any atom is -0.461 e. The first-order valence-electron chi connectivity index (χ1n) is 4.04. The SMILES string of the molecule is CCOC(=O)c1ncc(C)cc1N. The molecule has 0 saturated carbocycles. The molecule has 4 heteroatoms. The molecule has 0 amide bonds. The molecular weight excluding hydrogens is 168 g/mol. The number of carbonyl (C=O) groups is 1. The van der Waals surface area contributed by atoms with Crippen LogP contribution in [0, 0.1) is 6.92 Å². The quantitative estimate of drug-likeness (QED) is 0.693. The number of pyridine rings is 1. The van der Waals surface area contributed by atoms with Gasteiger partial charge in [0.15, 0.2) is 5.69 Å². The van der Waals surface area contributed by atoms with E-state index in [1.165, 1.54) is 0 Å². The fraction of sp³-hybridized carbons (Fsp3) is 0.333. The predicted octanol–water partition coefficient (Wildman–Crippen LogP) is 1.15. The van der Waals surface area contributed by atoms with Crippen LogP contribution in [-0.4, -0.2) is 17.6 Å². The molecule has 0 saturated heterocycles. The van der Waals surface area contributed by atoms with Gasteiger partial charge in [-0.2, -0.15) is 0 Å². The maximum Gasteiger partial charge on any atom is 0.359 e. The number of anilines is 1. The molecule has 70 valence electrons. The minimum atomic E-state index is -0.472. The molecule has 1 heterocycles. The van der Waals surface area contributed by atoms with Crippen LogP contribution in [0.5, 0.6) is 0 Å². The molecule has 0 aromatic carbocycles. The van der Waals surface area contributed by atoms with Crippen molar-refractivity contribution in [2.24, 2.45) is 0 Å². The smallest absolute Gasteiger partial charge is 0.359 e. The highest BCUT2D eigenvalue weighted by molar-refractivity contribution is 5.92. The molecule has 0 unspecified atom stereocenters. The lowest BCUT2D eigenvalue weighted by Crippen LogP contribution is -2.10. The standard InChI is InChI=1S/C9H12N2O2/c1-3-13-9(12)8-7(10)4-6(2)5-11-8/h4-5H,3,10H2,1-2H3. The Balaban J connectivity index is 2.95. The van der Waals surface area contributed by atoms with E-state index >= 15 is 0 Å². The van der Waals surface area contributed by atoms with Crippen LogP contribution in [-0.2, 0) is 4.74 Å². The fourth-order valence-corrected chi connectivity index (χ4v) is 0.962. The fourth-order valence-electron chi connectivity index (χ4n) is 0.962. The number of aryl methyl sites for hydroxylation is 1. The van der Waals surface area contributed by atoms with Gasteiger partial charge in [0.1, 0.15) is 0 Å². The Hall–Kier alpha value is -1.58. The van der Waals surface area contributed by atoms with E-state index in [0.29, 0.717) is 12.3 Å². The number of carbonyl (C=O) groups excluding carboxylic acids is 1. The molecule has 0 aliphatic heterocycles. The van der Waals surface area contributed by atoms with E-state index in [2.05, 4.69) is 4.98 Å². The molecule has 1 aromatic rings. The number of hydrogen-bond donors (Lipinski definition) is 1. The second-order valence-corrected chi connectivity index (χ2v) is 2.67. The molecule has 0 spiro atoms. The van der Waals surface area contributed by atoms with Crippen LogP contribution in [0.2, 0.25) is 0 Å². The van der Waals surface area contributed by atoms with Crippen molar-refractivity contribution in [3.05, 3.63) is 23.5 Å². The van der Waals surface area contributed by atoms with Gasteiger partial charge >= 0.3 is 5.97 Å². The van der Waals surface area contributed by atoms with E-state index in [4.69, 9.17) is 10.5 Å². The van der Waals surface area contributed by atoms with E-state index in [1.54, 1.807) is 19.2 Å². The van der Waals surface area contributed by atoms with Crippen LogP contribution in [0.4, 0.5) is 5.69 Å². The third-order valence-corrected chi connectivity index (χ3v) is 1.52. The van der Waals surface area contributed by atoms with E-state index in [-0.39, 0.29) is 5.69 Å². The summed E-state index contributed by atoms with van der Waals surface area (Å²) < 4.78 is 4.77. The number of nitrogens with two attached hydrogens (primary N) is 1. The lowest BCUT2D eigenvalue weighted by molar-refractivity contribution is 0.0521. The monoisotopic (exact) mass is 180 g/mol. The Kier molecular flexibility index (Phi) is 2.84. The van der Waals surface area contributed by atoms with Gasteiger partial charge in [0, 0.05) is 6.20 Å². The lowest BCUT2D eigenvalue weighted by atomic mass is 10.2. The highest BCUT2D eigenvalue weighted by Gasteiger charge is 2.11. The van der Waals surface area contributed by atoms with Crippen molar-refractivity contribution in [1.29, 1.82) is 0 Å². The van der Waals surface area contributed by atoms with Gasteiger partial charge in [0.25, 0.3) is 0 Å². The van der Waals surface area contributed by atoms with E-state index in [0.717, 1.165) is 5.56 Å². The molecule has 0 aliphatic rings. The van der Waals surface area contributed by atoms with Crippen molar-refractivity contribution in [1.82, 2.24) is 4.98 Å². The molecule has 2 N–H and O–H groups in total. The van der Waals surface area contributed by atoms with Gasteiger partial charge in [-0.05, 0) is 25.5 Å². The van der Waals surface area contributed by atoms with Gasteiger partial charge < -0.3 is 10.5 Å². The Labute approximate surface area is 76.7 Å². The second kappa shape index (κ2) is 3.89. The van der Waals surface area contributed by atoms with Crippen LogP contribution >= 0.6 is 0 Å². The molecule has 0 fully saturated rings. The molecule has 1 rings (SSSR count). The summed E-state index contributed by atoms with van der Waals surface area (Å²) in [5, 5.41) is 0. The molecule has 0 aliphatic carbocycles. The van der Waals surface area contributed by atoms with Gasteiger partial charge in [0.05, 0.1) is 12.3 Å². The summed E-state index contributed by atoms with van der Waals surface area (Å²) in [7, 11) is 0. The van der Waals surface area contributed by atoms with Crippen LogP contribution in [0.1, 0.15) is 23.0 Å². The number of nitrogens with zero attached hydrogens (tertiary/aromatic N) is 1. The minimum absolute atomic E-state index is 0.187. The summed E-state index contributed by atoms with van der Waals surface area (Å²) in [4.78, 5) is 15.1. The highest BCUT2D eigenvalue weighted by Crippen LogP contribution is 2.11. The van der Waals surface area contributed by atoms with Gasteiger partial charge in [-0.25, -0.2) is 9.78 Å². The van der Waals surface area contributed by atoms with Crippen LogP contribution in [0.25, 0.3) is 0 Å². The highest BCUT2D eigenvalue weighted by atomic mass is 16.5. The Bertz CT molecular complexity index is 323.